The normalized spacial score (nSPS) is 17.5. The summed E-state index contributed by atoms with van der Waals surface area (Å²) >= 11 is 1.20. The van der Waals surface area contributed by atoms with Crippen molar-refractivity contribution in [3.05, 3.63) is 29.8 Å². The smallest absolute Gasteiger partial charge is 0.277 e. The Kier molecular flexibility index (Phi) is 5.37. The number of carbonyl (C=O) groups is 2. The van der Waals surface area contributed by atoms with Gasteiger partial charge in [-0.05, 0) is 31.9 Å². The van der Waals surface area contributed by atoms with Gasteiger partial charge in [0.25, 0.3) is 5.22 Å². The molecule has 2 heterocycles. The molecule has 2 N–H and O–H groups in total. The van der Waals surface area contributed by atoms with Gasteiger partial charge in [-0.25, -0.2) is 0 Å². The van der Waals surface area contributed by atoms with Crippen molar-refractivity contribution in [2.45, 2.75) is 25.0 Å². The predicted molar refractivity (Wildman–Crippen MR) is 93.7 cm³/mol. The molecule has 1 saturated heterocycles. The van der Waals surface area contributed by atoms with E-state index >= 15 is 0 Å². The Labute approximate surface area is 150 Å². The summed E-state index contributed by atoms with van der Waals surface area (Å²) in [6, 6.07) is 7.78. The average molecular weight is 360 g/mol. The van der Waals surface area contributed by atoms with E-state index in [1.807, 2.05) is 31.2 Å². The molecule has 8 heteroatoms. The Hall–Kier alpha value is -2.35. The van der Waals surface area contributed by atoms with E-state index in [0.29, 0.717) is 24.2 Å². The van der Waals surface area contributed by atoms with E-state index in [1.165, 1.54) is 11.8 Å². The molecule has 0 saturated carbocycles. The number of likely N-dealkylation sites (tertiary alicyclic amines) is 1. The number of piperidine rings is 1. The highest BCUT2D eigenvalue weighted by Gasteiger charge is 2.27. The van der Waals surface area contributed by atoms with Crippen LogP contribution in [0.4, 0.5) is 0 Å². The summed E-state index contributed by atoms with van der Waals surface area (Å²) in [7, 11) is 0. The monoisotopic (exact) mass is 360 g/mol. The lowest BCUT2D eigenvalue weighted by atomic mass is 9.97. The highest BCUT2D eigenvalue weighted by atomic mass is 32.2. The van der Waals surface area contributed by atoms with E-state index < -0.39 is 0 Å². The molecule has 25 heavy (non-hydrogen) atoms. The van der Waals surface area contributed by atoms with Gasteiger partial charge in [0.1, 0.15) is 0 Å². The van der Waals surface area contributed by atoms with Crippen LogP contribution in [-0.2, 0) is 9.59 Å². The Morgan fingerprint density at radius 3 is 2.80 bits per heavy atom. The van der Waals surface area contributed by atoms with Crippen LogP contribution < -0.4 is 5.73 Å². The summed E-state index contributed by atoms with van der Waals surface area (Å²) in [4.78, 5) is 25.3. The summed E-state index contributed by atoms with van der Waals surface area (Å²) < 4.78 is 5.60. The van der Waals surface area contributed by atoms with E-state index in [-0.39, 0.29) is 23.5 Å². The lowest BCUT2D eigenvalue weighted by molar-refractivity contribution is -0.132. The van der Waals surface area contributed by atoms with Crippen molar-refractivity contribution >= 4 is 23.6 Å². The number of nitrogens with two attached hydrogens (primary N) is 1. The van der Waals surface area contributed by atoms with Crippen LogP contribution in [0.1, 0.15) is 18.4 Å². The van der Waals surface area contributed by atoms with Crippen molar-refractivity contribution in [1.29, 1.82) is 0 Å². The zero-order chi connectivity index (χ0) is 17.8. The molecular formula is C17H20N4O3S. The number of hydrogen-bond acceptors (Lipinski definition) is 6. The van der Waals surface area contributed by atoms with Gasteiger partial charge in [0.15, 0.2) is 0 Å². The highest BCUT2D eigenvalue weighted by molar-refractivity contribution is 7.99. The van der Waals surface area contributed by atoms with Gasteiger partial charge < -0.3 is 15.1 Å². The first-order valence-corrected chi connectivity index (χ1v) is 9.12. The number of carbonyl (C=O) groups excluding carboxylic acids is 2. The minimum absolute atomic E-state index is 0.0500. The van der Waals surface area contributed by atoms with Crippen molar-refractivity contribution < 1.29 is 14.0 Å². The first-order valence-electron chi connectivity index (χ1n) is 8.13. The summed E-state index contributed by atoms with van der Waals surface area (Å²) in [5, 5.41) is 8.35. The van der Waals surface area contributed by atoms with E-state index in [2.05, 4.69) is 10.2 Å². The maximum Gasteiger partial charge on any atom is 0.277 e. The van der Waals surface area contributed by atoms with Crippen LogP contribution in [0.5, 0.6) is 0 Å². The first-order chi connectivity index (χ1) is 12.0. The third kappa shape index (κ3) is 4.39. The largest absolute Gasteiger partial charge is 0.411 e. The maximum absolute atomic E-state index is 12.3. The average Bonchev–Trinajstić information content (AvgIpc) is 3.09. The van der Waals surface area contributed by atoms with E-state index in [9.17, 15) is 9.59 Å². The quantitative estimate of drug-likeness (QED) is 0.817. The third-order valence-corrected chi connectivity index (χ3v) is 5.00. The minimum atomic E-state index is -0.343. The van der Waals surface area contributed by atoms with Crippen LogP contribution in [0, 0.1) is 12.8 Å². The van der Waals surface area contributed by atoms with Gasteiger partial charge >= 0.3 is 0 Å². The van der Waals surface area contributed by atoms with Crippen LogP contribution >= 0.6 is 11.8 Å². The summed E-state index contributed by atoms with van der Waals surface area (Å²) in [5.41, 5.74) is 7.34. The molecular weight excluding hydrogens is 340 g/mol. The minimum Gasteiger partial charge on any atom is -0.411 e. The van der Waals surface area contributed by atoms with Crippen molar-refractivity contribution in [1.82, 2.24) is 15.1 Å². The number of aromatic nitrogens is 2. The fraction of sp³-hybridized carbons (Fsp3) is 0.412. The highest BCUT2D eigenvalue weighted by Crippen LogP contribution is 2.24. The first kappa shape index (κ1) is 17.5. The van der Waals surface area contributed by atoms with Crippen LogP contribution in [0.25, 0.3) is 11.5 Å². The topological polar surface area (TPSA) is 102 Å². The second-order valence-corrected chi connectivity index (χ2v) is 7.04. The maximum atomic E-state index is 12.3. The molecule has 132 valence electrons. The zero-order valence-corrected chi connectivity index (χ0v) is 14.8. The Morgan fingerprint density at radius 2 is 2.08 bits per heavy atom. The molecule has 1 fully saturated rings. The number of primary amides is 1. The second-order valence-electron chi connectivity index (χ2n) is 6.11. The van der Waals surface area contributed by atoms with E-state index in [4.69, 9.17) is 10.2 Å². The van der Waals surface area contributed by atoms with Crippen LogP contribution in [0.2, 0.25) is 0 Å². The lowest BCUT2D eigenvalue weighted by Gasteiger charge is -2.31. The van der Waals surface area contributed by atoms with E-state index in [1.54, 1.807) is 4.90 Å². The van der Waals surface area contributed by atoms with E-state index in [0.717, 1.165) is 24.0 Å². The number of thioether (sulfide) groups is 1. The van der Waals surface area contributed by atoms with Gasteiger partial charge in [0.05, 0.1) is 11.7 Å². The van der Waals surface area contributed by atoms with Crippen molar-refractivity contribution in [2.75, 3.05) is 18.8 Å². The van der Waals surface area contributed by atoms with Crippen molar-refractivity contribution in [2.24, 2.45) is 11.7 Å². The molecule has 2 aromatic rings. The Morgan fingerprint density at radius 1 is 1.32 bits per heavy atom. The van der Waals surface area contributed by atoms with Gasteiger partial charge in [0.2, 0.25) is 17.7 Å². The molecule has 7 nitrogen and oxygen atoms in total. The van der Waals surface area contributed by atoms with Gasteiger partial charge in [-0.1, -0.05) is 29.5 Å². The number of benzene rings is 1. The van der Waals surface area contributed by atoms with Crippen molar-refractivity contribution in [3.8, 4) is 11.5 Å². The van der Waals surface area contributed by atoms with Crippen LogP contribution in [-0.4, -0.2) is 45.8 Å². The Balaban J connectivity index is 1.56. The third-order valence-electron chi connectivity index (χ3n) is 4.20. The lowest BCUT2D eigenvalue weighted by Crippen LogP contribution is -2.44. The van der Waals surface area contributed by atoms with Gasteiger partial charge in [-0.3, -0.25) is 9.59 Å². The van der Waals surface area contributed by atoms with Gasteiger partial charge in [-0.2, -0.15) is 0 Å². The Bertz CT molecular complexity index is 760. The van der Waals surface area contributed by atoms with Crippen LogP contribution in [0.15, 0.2) is 33.9 Å². The second kappa shape index (κ2) is 7.69. The molecule has 1 aromatic carbocycles. The zero-order valence-electron chi connectivity index (χ0n) is 14.0. The summed E-state index contributed by atoms with van der Waals surface area (Å²) in [5.74, 6) is -0.0159. The molecule has 1 atom stereocenters. The number of hydrogen-bond donors (Lipinski definition) is 1. The molecule has 0 bridgehead atoms. The molecule has 0 radical (unpaired) electrons. The summed E-state index contributed by atoms with van der Waals surface area (Å²) in [6.45, 7) is 3.06. The molecule has 0 spiro atoms. The number of rotatable bonds is 5. The fourth-order valence-electron chi connectivity index (χ4n) is 2.73. The molecule has 2 amide bonds. The van der Waals surface area contributed by atoms with Crippen LogP contribution in [0.3, 0.4) is 0 Å². The van der Waals surface area contributed by atoms with Gasteiger partial charge in [-0.15, -0.1) is 10.2 Å². The molecule has 0 aliphatic carbocycles. The molecule has 1 aromatic heterocycles. The standard InChI is InChI=1S/C17H20N4O3S/c1-11-4-6-12(7-5-11)16-19-20-17(24-16)25-10-14(22)21-8-2-3-13(9-21)15(18)23/h4-7,13H,2-3,8-10H2,1H3,(H2,18,23). The fourth-order valence-corrected chi connectivity index (χ4v) is 3.40. The summed E-state index contributed by atoms with van der Waals surface area (Å²) in [6.07, 6.45) is 1.54. The number of nitrogens with zero attached hydrogens (tertiary/aromatic N) is 3. The number of aryl methyl sites for hydroxylation is 1. The van der Waals surface area contributed by atoms with Gasteiger partial charge in [0, 0.05) is 18.7 Å². The SMILES string of the molecule is Cc1ccc(-c2nnc(SCC(=O)N3CCCC(C(N)=O)C3)o2)cc1. The predicted octanol–water partition coefficient (Wildman–Crippen LogP) is 1.86. The molecule has 1 unspecified atom stereocenters. The molecule has 1 aliphatic rings. The molecule has 3 rings (SSSR count). The van der Waals surface area contributed by atoms with Crippen molar-refractivity contribution in [3.63, 3.8) is 0 Å². The molecule has 1 aliphatic heterocycles. The number of amides is 2.